The number of hydrogen-bond donors (Lipinski definition) is 3. The Morgan fingerprint density at radius 1 is 1.03 bits per heavy atom. The lowest BCUT2D eigenvalue weighted by atomic mass is 9.91. The molecule has 0 bridgehead atoms. The first kappa shape index (κ1) is 27.7. The summed E-state index contributed by atoms with van der Waals surface area (Å²) in [5.74, 6) is 0.646. The van der Waals surface area contributed by atoms with E-state index in [9.17, 15) is 14.4 Å². The molecule has 2 aliphatic rings. The lowest BCUT2D eigenvalue weighted by Crippen LogP contribution is -2.58. The molecule has 38 heavy (non-hydrogen) atoms. The first-order valence-electron chi connectivity index (χ1n) is 13.3. The number of benzene rings is 1. The number of nitrogens with two attached hydrogens (primary N) is 2. The molecule has 2 saturated heterocycles. The first-order valence-corrected chi connectivity index (χ1v) is 13.3. The topological polar surface area (TPSA) is 143 Å². The summed E-state index contributed by atoms with van der Waals surface area (Å²) in [6, 6.07) is 9.38. The molecule has 0 spiro atoms. The van der Waals surface area contributed by atoms with Crippen LogP contribution in [-0.2, 0) is 11.3 Å². The molecule has 11 nitrogen and oxygen atoms in total. The number of hydrogen-bond acceptors (Lipinski definition) is 7. The van der Waals surface area contributed by atoms with Crippen LogP contribution < -0.4 is 22.5 Å². The van der Waals surface area contributed by atoms with Gasteiger partial charge in [0, 0.05) is 45.0 Å². The van der Waals surface area contributed by atoms with Crippen LogP contribution >= 0.6 is 0 Å². The molecule has 0 saturated carbocycles. The third-order valence-corrected chi connectivity index (χ3v) is 7.44. The number of rotatable bonds is 6. The fourth-order valence-corrected chi connectivity index (χ4v) is 5.03. The lowest BCUT2D eigenvalue weighted by Gasteiger charge is -2.37. The monoisotopic (exact) mass is 524 g/mol. The number of anilines is 1. The van der Waals surface area contributed by atoms with E-state index in [0.717, 1.165) is 32.5 Å². The van der Waals surface area contributed by atoms with Gasteiger partial charge in [0.15, 0.2) is 0 Å². The van der Waals surface area contributed by atoms with Crippen molar-refractivity contribution in [2.45, 2.75) is 51.7 Å². The minimum atomic E-state index is -0.945. The van der Waals surface area contributed by atoms with Crippen molar-refractivity contribution in [2.75, 3.05) is 44.6 Å². The van der Waals surface area contributed by atoms with Gasteiger partial charge in [-0.25, -0.2) is 9.59 Å². The molecule has 1 aromatic carbocycles. The van der Waals surface area contributed by atoms with Crippen molar-refractivity contribution in [1.29, 1.82) is 0 Å². The smallest absolute Gasteiger partial charge is 0.338 e. The Morgan fingerprint density at radius 3 is 2.18 bits per heavy atom. The Bertz CT molecular complexity index is 1170. The molecule has 206 valence electrons. The molecule has 1 aromatic heterocycles. The normalized spacial score (nSPS) is 18.3. The van der Waals surface area contributed by atoms with Crippen LogP contribution in [-0.4, -0.2) is 87.0 Å². The SMILES string of the molecule is C[C@H](N)C1CCN(Cc2ccc(-n3ccc(NC(=O)N4CCN(C(=O)C(C)(C)N)CC4)nc3=O)cc2)CC1. The van der Waals surface area contributed by atoms with Crippen molar-refractivity contribution in [2.24, 2.45) is 17.4 Å². The van der Waals surface area contributed by atoms with Crippen molar-refractivity contribution in [1.82, 2.24) is 24.3 Å². The summed E-state index contributed by atoms with van der Waals surface area (Å²) in [6.07, 6.45) is 3.86. The first-order chi connectivity index (χ1) is 18.0. The largest absolute Gasteiger partial charge is 0.354 e. The van der Waals surface area contributed by atoms with Crippen molar-refractivity contribution in [3.63, 3.8) is 0 Å². The number of piperidine rings is 1. The molecule has 0 radical (unpaired) electrons. The molecule has 11 heteroatoms. The van der Waals surface area contributed by atoms with Crippen LogP contribution in [0.1, 0.15) is 39.2 Å². The maximum absolute atomic E-state index is 12.7. The molecule has 1 atom stereocenters. The van der Waals surface area contributed by atoms with Crippen LogP contribution in [0.4, 0.5) is 10.6 Å². The molecule has 4 rings (SSSR count). The fraction of sp³-hybridized carbons (Fsp3) is 0.556. The summed E-state index contributed by atoms with van der Waals surface area (Å²) in [5.41, 5.74) is 12.4. The highest BCUT2D eigenvalue weighted by Gasteiger charge is 2.31. The van der Waals surface area contributed by atoms with Gasteiger partial charge in [-0.2, -0.15) is 4.98 Å². The number of carbonyl (C=O) groups excluding carboxylic acids is 2. The van der Waals surface area contributed by atoms with E-state index >= 15 is 0 Å². The number of nitrogens with zero attached hydrogens (tertiary/aromatic N) is 5. The lowest BCUT2D eigenvalue weighted by molar-refractivity contribution is -0.137. The Hall–Kier alpha value is -3.28. The van der Waals surface area contributed by atoms with E-state index in [1.54, 1.807) is 35.9 Å². The van der Waals surface area contributed by atoms with Gasteiger partial charge in [-0.3, -0.25) is 19.6 Å². The van der Waals surface area contributed by atoms with Gasteiger partial charge < -0.3 is 21.3 Å². The maximum Gasteiger partial charge on any atom is 0.354 e. The second kappa shape index (κ2) is 11.6. The average Bonchev–Trinajstić information content (AvgIpc) is 2.89. The number of urea groups is 1. The van der Waals surface area contributed by atoms with Gasteiger partial charge >= 0.3 is 11.7 Å². The van der Waals surface area contributed by atoms with E-state index in [4.69, 9.17) is 11.5 Å². The molecule has 3 amide bonds. The third kappa shape index (κ3) is 6.77. The van der Waals surface area contributed by atoms with E-state index < -0.39 is 11.2 Å². The Kier molecular flexibility index (Phi) is 8.49. The highest BCUT2D eigenvalue weighted by atomic mass is 16.2. The van der Waals surface area contributed by atoms with Gasteiger partial charge in [-0.15, -0.1) is 0 Å². The summed E-state index contributed by atoms with van der Waals surface area (Å²) in [7, 11) is 0. The minimum absolute atomic E-state index is 0.141. The number of aromatic nitrogens is 2. The summed E-state index contributed by atoms with van der Waals surface area (Å²) < 4.78 is 1.45. The fourth-order valence-electron chi connectivity index (χ4n) is 5.03. The minimum Gasteiger partial charge on any atom is -0.338 e. The molecular formula is C27H40N8O3. The Balaban J connectivity index is 1.30. The van der Waals surface area contributed by atoms with Crippen LogP contribution in [0.2, 0.25) is 0 Å². The molecule has 2 aliphatic heterocycles. The highest BCUT2D eigenvalue weighted by molar-refractivity contribution is 5.89. The Labute approximate surface area is 223 Å². The molecule has 0 aliphatic carbocycles. The van der Waals surface area contributed by atoms with Gasteiger partial charge in [0.2, 0.25) is 5.91 Å². The number of likely N-dealkylation sites (tertiary alicyclic amines) is 1. The Morgan fingerprint density at radius 2 is 1.63 bits per heavy atom. The van der Waals surface area contributed by atoms with Gasteiger partial charge in [-0.1, -0.05) is 12.1 Å². The van der Waals surface area contributed by atoms with Crippen LogP contribution in [0, 0.1) is 5.92 Å². The number of piperazine rings is 1. The zero-order chi connectivity index (χ0) is 27.4. The van der Waals surface area contributed by atoms with E-state index in [0.29, 0.717) is 37.8 Å². The molecule has 3 heterocycles. The van der Waals surface area contributed by atoms with Crippen LogP contribution in [0.25, 0.3) is 5.69 Å². The standard InChI is InChI=1S/C27H40N8O3/c1-19(28)21-8-11-32(12-9-21)18-20-4-6-22(7-5-20)35-13-10-23(31-26(35)38)30-25(37)34-16-14-33(15-17-34)24(36)27(2,3)29/h4-7,10,13,19,21H,8-9,11-12,14-18,28-29H2,1-3H3,(H,30,31,37,38)/t19-/m0/s1. The second-order valence-electron chi connectivity index (χ2n) is 11.0. The number of carbonyl (C=O) groups is 2. The summed E-state index contributed by atoms with van der Waals surface area (Å²) >= 11 is 0. The van der Waals surface area contributed by atoms with Crippen LogP contribution in [0.3, 0.4) is 0 Å². The zero-order valence-electron chi connectivity index (χ0n) is 22.6. The quantitative estimate of drug-likeness (QED) is 0.515. The predicted molar refractivity (Wildman–Crippen MR) is 147 cm³/mol. The van der Waals surface area contributed by atoms with Crippen molar-refractivity contribution in [3.8, 4) is 5.69 Å². The summed E-state index contributed by atoms with van der Waals surface area (Å²) in [4.78, 5) is 47.5. The van der Waals surface area contributed by atoms with Gasteiger partial charge in [-0.05, 0) is 76.4 Å². The van der Waals surface area contributed by atoms with Gasteiger partial charge in [0.05, 0.1) is 11.2 Å². The van der Waals surface area contributed by atoms with Crippen LogP contribution in [0.5, 0.6) is 0 Å². The average molecular weight is 525 g/mol. The summed E-state index contributed by atoms with van der Waals surface area (Å²) in [5, 5.41) is 2.69. The zero-order valence-corrected chi connectivity index (χ0v) is 22.6. The molecular weight excluding hydrogens is 484 g/mol. The van der Waals surface area contributed by atoms with Crippen molar-refractivity contribution < 1.29 is 9.59 Å². The number of nitrogens with one attached hydrogen (secondary N) is 1. The summed E-state index contributed by atoms with van der Waals surface area (Å²) in [6.45, 7) is 9.96. The maximum atomic E-state index is 12.7. The highest BCUT2D eigenvalue weighted by Crippen LogP contribution is 2.21. The van der Waals surface area contributed by atoms with Gasteiger partial charge in [0.1, 0.15) is 5.82 Å². The van der Waals surface area contributed by atoms with E-state index in [2.05, 4.69) is 22.1 Å². The third-order valence-electron chi connectivity index (χ3n) is 7.44. The second-order valence-corrected chi connectivity index (χ2v) is 11.0. The van der Waals surface area contributed by atoms with Gasteiger partial charge in [0.25, 0.3) is 0 Å². The molecule has 2 fully saturated rings. The van der Waals surface area contributed by atoms with Crippen molar-refractivity contribution in [3.05, 3.63) is 52.6 Å². The predicted octanol–water partition coefficient (Wildman–Crippen LogP) is 1.21. The number of amides is 3. The van der Waals surface area contributed by atoms with Crippen molar-refractivity contribution >= 4 is 17.8 Å². The van der Waals surface area contributed by atoms with E-state index in [-0.39, 0.29) is 23.8 Å². The molecule has 2 aromatic rings. The van der Waals surface area contributed by atoms with Crippen LogP contribution in [0.15, 0.2) is 41.3 Å². The van der Waals surface area contributed by atoms with E-state index in [1.165, 1.54) is 10.1 Å². The molecule has 0 unspecified atom stereocenters. The van der Waals surface area contributed by atoms with E-state index in [1.807, 2.05) is 24.3 Å². The molecule has 5 N–H and O–H groups in total.